The number of aryl methyl sites for hydroxylation is 1. The molecular weight excluding hydrogens is 462 g/mol. The lowest BCUT2D eigenvalue weighted by molar-refractivity contribution is 0.0713. The van der Waals surface area contributed by atoms with Gasteiger partial charge in [-0.1, -0.05) is 18.2 Å². The minimum Gasteiger partial charge on any atom is -0.354 e. The molecule has 0 unspecified atom stereocenters. The van der Waals surface area contributed by atoms with E-state index in [1.807, 2.05) is 0 Å². The minimum absolute atomic E-state index is 0.149. The Morgan fingerprint density at radius 2 is 1.68 bits per heavy atom. The number of amides is 1. The average molecular weight is 487 g/mol. The van der Waals surface area contributed by atoms with Crippen molar-refractivity contribution in [3.8, 4) is 0 Å². The summed E-state index contributed by atoms with van der Waals surface area (Å²) in [6, 6.07) is 11.7. The summed E-state index contributed by atoms with van der Waals surface area (Å²) in [6.45, 7) is 2.69. The molecule has 1 aliphatic rings. The monoisotopic (exact) mass is 486 g/mol. The van der Waals surface area contributed by atoms with Gasteiger partial charge < -0.3 is 10.2 Å². The Hall–Kier alpha value is -3.37. The molecule has 1 aromatic heterocycles. The van der Waals surface area contributed by atoms with E-state index in [-0.39, 0.29) is 28.9 Å². The lowest BCUT2D eigenvalue weighted by Crippen LogP contribution is -2.38. The van der Waals surface area contributed by atoms with E-state index in [2.05, 4.69) is 10.3 Å². The molecule has 1 saturated heterocycles. The number of nitrogens with one attached hydrogen (secondary N) is 1. The van der Waals surface area contributed by atoms with E-state index in [0.717, 1.165) is 5.56 Å². The van der Waals surface area contributed by atoms with Gasteiger partial charge in [-0.3, -0.25) is 4.79 Å². The first-order valence-electron chi connectivity index (χ1n) is 10.7. The number of nitrogens with two attached hydrogens (primary N) is 1. The Morgan fingerprint density at radius 3 is 2.32 bits per heavy atom. The second-order valence-corrected chi connectivity index (χ2v) is 9.82. The largest absolute Gasteiger partial charge is 0.354 e. The van der Waals surface area contributed by atoms with Gasteiger partial charge in [-0.15, -0.1) is 0 Å². The van der Waals surface area contributed by atoms with Crippen LogP contribution in [0.4, 0.5) is 20.2 Å². The lowest BCUT2D eigenvalue weighted by Gasteiger charge is -2.32. The maximum Gasteiger partial charge on any atom is 0.257 e. The fourth-order valence-corrected chi connectivity index (χ4v) is 4.54. The van der Waals surface area contributed by atoms with Crippen LogP contribution in [0.15, 0.2) is 59.8 Å². The summed E-state index contributed by atoms with van der Waals surface area (Å²) in [6.07, 6.45) is 2.57. The van der Waals surface area contributed by atoms with E-state index in [9.17, 15) is 22.0 Å². The number of carbonyl (C=O) groups excluding carboxylic acids is 1. The summed E-state index contributed by atoms with van der Waals surface area (Å²) >= 11 is 0. The standard InChI is InChI=1S/C24H24F2N4O3S/c1-15-2-5-19(26)12-21(15)29-22-13-23(34(27,32)33)28-14-20(22)24(31)30-10-8-17(9-11-30)16-3-6-18(25)7-4-16/h2-7,12-14,17H,8-11H2,1H3,(H,28,29)(H2,27,32,33). The van der Waals surface area contributed by atoms with Crippen LogP contribution in [0, 0.1) is 18.6 Å². The molecule has 0 atom stereocenters. The Balaban J connectivity index is 1.59. The Kier molecular flexibility index (Phi) is 6.63. The molecule has 7 nitrogen and oxygen atoms in total. The van der Waals surface area contributed by atoms with Crippen molar-refractivity contribution in [2.75, 3.05) is 18.4 Å². The van der Waals surface area contributed by atoms with Crippen molar-refractivity contribution in [1.82, 2.24) is 9.88 Å². The van der Waals surface area contributed by atoms with Crippen LogP contribution in [0.2, 0.25) is 0 Å². The van der Waals surface area contributed by atoms with Gasteiger partial charge in [-0.25, -0.2) is 27.3 Å². The minimum atomic E-state index is -4.12. The second-order valence-electron chi connectivity index (χ2n) is 8.32. The third-order valence-electron chi connectivity index (χ3n) is 5.99. The van der Waals surface area contributed by atoms with E-state index in [1.54, 1.807) is 30.0 Å². The first kappa shape index (κ1) is 23.8. The molecule has 178 valence electrons. The molecule has 0 bridgehead atoms. The molecule has 0 radical (unpaired) electrons. The number of likely N-dealkylation sites (tertiary alicyclic amines) is 1. The summed E-state index contributed by atoms with van der Waals surface area (Å²) in [5.74, 6) is -0.896. The highest BCUT2D eigenvalue weighted by Crippen LogP contribution is 2.31. The average Bonchev–Trinajstić information content (AvgIpc) is 2.81. The quantitative estimate of drug-likeness (QED) is 0.565. The normalized spacial score (nSPS) is 14.8. The molecule has 2 heterocycles. The number of nitrogens with zero attached hydrogens (tertiary/aromatic N) is 2. The van der Waals surface area contributed by atoms with Crippen molar-refractivity contribution in [2.24, 2.45) is 5.14 Å². The zero-order valence-electron chi connectivity index (χ0n) is 18.5. The van der Waals surface area contributed by atoms with Crippen molar-refractivity contribution in [2.45, 2.75) is 30.7 Å². The van der Waals surface area contributed by atoms with Gasteiger partial charge in [-0.05, 0) is 61.1 Å². The number of pyridine rings is 1. The number of rotatable bonds is 5. The Morgan fingerprint density at radius 1 is 1.03 bits per heavy atom. The molecule has 10 heteroatoms. The summed E-state index contributed by atoms with van der Waals surface area (Å²) in [7, 11) is -4.12. The zero-order chi connectivity index (χ0) is 24.5. The summed E-state index contributed by atoms with van der Waals surface area (Å²) in [4.78, 5) is 18.9. The van der Waals surface area contributed by atoms with E-state index < -0.39 is 20.9 Å². The molecule has 3 aromatic rings. The topological polar surface area (TPSA) is 105 Å². The third kappa shape index (κ3) is 5.23. The van der Waals surface area contributed by atoms with Crippen LogP contribution >= 0.6 is 0 Å². The number of benzene rings is 2. The van der Waals surface area contributed by atoms with E-state index in [0.29, 0.717) is 37.2 Å². The van der Waals surface area contributed by atoms with Crippen molar-refractivity contribution in [1.29, 1.82) is 0 Å². The number of primary sulfonamides is 1. The Labute approximate surface area is 196 Å². The Bertz CT molecular complexity index is 1320. The number of halogens is 2. The first-order valence-corrected chi connectivity index (χ1v) is 12.3. The van der Waals surface area contributed by atoms with Crippen LogP contribution in [-0.2, 0) is 10.0 Å². The fourth-order valence-electron chi connectivity index (χ4n) is 4.06. The molecule has 3 N–H and O–H groups in total. The van der Waals surface area contributed by atoms with Gasteiger partial charge in [0.15, 0.2) is 5.03 Å². The zero-order valence-corrected chi connectivity index (χ0v) is 19.3. The highest BCUT2D eigenvalue weighted by Gasteiger charge is 2.27. The van der Waals surface area contributed by atoms with Gasteiger partial charge >= 0.3 is 0 Å². The SMILES string of the molecule is Cc1ccc(F)cc1Nc1cc(S(N)(=O)=O)ncc1C(=O)N1CCC(c2ccc(F)cc2)CC1. The van der Waals surface area contributed by atoms with Crippen LogP contribution in [0.5, 0.6) is 0 Å². The number of hydrogen-bond donors (Lipinski definition) is 2. The number of anilines is 2. The van der Waals surface area contributed by atoms with Gasteiger partial charge in [0.05, 0.1) is 11.3 Å². The first-order chi connectivity index (χ1) is 16.1. The predicted octanol–water partition coefficient (Wildman–Crippen LogP) is 4.08. The van der Waals surface area contributed by atoms with Crippen LogP contribution in [0.25, 0.3) is 0 Å². The predicted molar refractivity (Wildman–Crippen MR) is 124 cm³/mol. The maximum absolute atomic E-state index is 13.8. The number of aromatic nitrogens is 1. The van der Waals surface area contributed by atoms with Crippen molar-refractivity contribution in [3.63, 3.8) is 0 Å². The summed E-state index contributed by atoms with van der Waals surface area (Å²) in [5.41, 5.74) is 2.43. The lowest BCUT2D eigenvalue weighted by atomic mass is 9.89. The molecular formula is C24H24F2N4O3S. The highest BCUT2D eigenvalue weighted by molar-refractivity contribution is 7.89. The number of sulfonamides is 1. The van der Waals surface area contributed by atoms with Crippen molar-refractivity contribution < 1.29 is 22.0 Å². The van der Waals surface area contributed by atoms with Gasteiger partial charge in [0.25, 0.3) is 15.9 Å². The molecule has 4 rings (SSSR count). The summed E-state index contributed by atoms with van der Waals surface area (Å²) < 4.78 is 50.7. The molecule has 34 heavy (non-hydrogen) atoms. The van der Waals surface area contributed by atoms with Crippen LogP contribution in [0.1, 0.15) is 40.2 Å². The molecule has 2 aromatic carbocycles. The van der Waals surface area contributed by atoms with E-state index in [4.69, 9.17) is 5.14 Å². The van der Waals surface area contributed by atoms with Gasteiger partial charge in [-0.2, -0.15) is 0 Å². The molecule has 0 saturated carbocycles. The second kappa shape index (κ2) is 9.47. The molecule has 0 aliphatic carbocycles. The smallest absolute Gasteiger partial charge is 0.257 e. The van der Waals surface area contributed by atoms with Gasteiger partial charge in [0.1, 0.15) is 11.6 Å². The van der Waals surface area contributed by atoms with E-state index in [1.165, 1.54) is 36.5 Å². The number of carbonyl (C=O) groups is 1. The third-order valence-corrected chi connectivity index (χ3v) is 6.80. The van der Waals surface area contributed by atoms with Gasteiger partial charge in [0.2, 0.25) is 0 Å². The molecule has 1 amide bonds. The van der Waals surface area contributed by atoms with Crippen LogP contribution < -0.4 is 10.5 Å². The fraction of sp³-hybridized carbons (Fsp3) is 0.250. The van der Waals surface area contributed by atoms with E-state index >= 15 is 0 Å². The van der Waals surface area contributed by atoms with Crippen LogP contribution in [0.3, 0.4) is 0 Å². The highest BCUT2D eigenvalue weighted by atomic mass is 32.2. The number of hydrogen-bond acceptors (Lipinski definition) is 5. The molecule has 1 aliphatic heterocycles. The maximum atomic E-state index is 13.8. The number of piperidine rings is 1. The van der Waals surface area contributed by atoms with Crippen molar-refractivity contribution in [3.05, 3.63) is 83.1 Å². The summed E-state index contributed by atoms with van der Waals surface area (Å²) in [5, 5.41) is 7.79. The molecule has 1 fully saturated rings. The molecule has 0 spiro atoms. The van der Waals surface area contributed by atoms with Crippen molar-refractivity contribution >= 4 is 27.3 Å². The van der Waals surface area contributed by atoms with Crippen LogP contribution in [-0.4, -0.2) is 37.3 Å². The van der Waals surface area contributed by atoms with Gasteiger partial charge in [0, 0.05) is 31.0 Å².